The molecule has 0 bridgehead atoms. The van der Waals surface area contributed by atoms with E-state index in [-0.39, 0.29) is 13.8 Å². The van der Waals surface area contributed by atoms with Gasteiger partial charge in [0.2, 0.25) is 0 Å². The largest absolute Gasteiger partial charge is 0.503 e. The van der Waals surface area contributed by atoms with Crippen molar-refractivity contribution < 1.29 is 158 Å². The Bertz CT molecular complexity index is 1380. The summed E-state index contributed by atoms with van der Waals surface area (Å²) in [6.45, 7) is -6.30. The van der Waals surface area contributed by atoms with Crippen LogP contribution < -0.4 is 0 Å². The summed E-state index contributed by atoms with van der Waals surface area (Å²) < 4.78 is 483. The van der Waals surface area contributed by atoms with Crippen molar-refractivity contribution in [3.8, 4) is 0 Å². The van der Waals surface area contributed by atoms with Crippen LogP contribution in [0, 0.1) is 0 Å². The molecule has 0 aliphatic heterocycles. The van der Waals surface area contributed by atoms with Crippen LogP contribution in [0.3, 0.4) is 0 Å². The van der Waals surface area contributed by atoms with E-state index in [0.717, 1.165) is 0 Å². The summed E-state index contributed by atoms with van der Waals surface area (Å²) in [6.07, 6.45) is -27.1. The van der Waals surface area contributed by atoms with E-state index in [4.69, 9.17) is 0 Å². The van der Waals surface area contributed by atoms with Crippen LogP contribution in [0.5, 0.6) is 0 Å². The number of hydrogen-bond acceptors (Lipinski definition) is 2. The molecule has 368 valence electrons. The first-order valence-corrected chi connectivity index (χ1v) is 16.6. The molecule has 0 aromatic rings. The van der Waals surface area contributed by atoms with Gasteiger partial charge < -0.3 is 8.85 Å². The van der Waals surface area contributed by atoms with Crippen molar-refractivity contribution in [3.05, 3.63) is 0 Å². The lowest BCUT2D eigenvalue weighted by Crippen LogP contribution is -2.85. The molecule has 0 aromatic carbocycles. The topological polar surface area (TPSA) is 18.5 Å². The first kappa shape index (κ1) is 58.8. The Balaban J connectivity index is 8.17. The first-order valence-electron chi connectivity index (χ1n) is 14.7. The van der Waals surface area contributed by atoms with Crippen molar-refractivity contribution in [2.45, 2.75) is 134 Å². The quantitative estimate of drug-likeness (QED) is 0.0795. The minimum atomic E-state index is -10.5. The zero-order valence-electron chi connectivity index (χ0n) is 28.4. The van der Waals surface area contributed by atoms with Gasteiger partial charge in [-0.25, -0.2) is 0 Å². The van der Waals surface area contributed by atoms with Crippen LogP contribution in [-0.4, -0.2) is 116 Å². The molecule has 61 heavy (non-hydrogen) atoms. The molecular formula is C24H18F34O2Si. The highest BCUT2D eigenvalue weighted by Gasteiger charge is 3.02. The lowest BCUT2D eigenvalue weighted by Gasteiger charge is -2.49. The van der Waals surface area contributed by atoms with Gasteiger partial charge in [-0.05, 0) is 13.8 Å². The Kier molecular flexibility index (Phi) is 15.4. The molecule has 0 N–H and O–H groups in total. The predicted molar refractivity (Wildman–Crippen MR) is 129 cm³/mol. The molecule has 0 spiro atoms. The summed E-state index contributed by atoms with van der Waals surface area (Å²) in [7, 11) is -10.5. The van der Waals surface area contributed by atoms with Gasteiger partial charge in [0, 0.05) is 38.9 Å². The molecule has 0 rings (SSSR count). The van der Waals surface area contributed by atoms with Crippen LogP contribution >= 0.6 is 0 Å². The number of rotatable bonds is 22. The maximum Gasteiger partial charge on any atom is 0.503 e. The van der Waals surface area contributed by atoms with Crippen LogP contribution in [0.4, 0.5) is 149 Å². The zero-order valence-corrected chi connectivity index (χ0v) is 29.4. The summed E-state index contributed by atoms with van der Waals surface area (Å²) >= 11 is 0. The number of alkyl halides is 34. The molecule has 0 atom stereocenters. The van der Waals surface area contributed by atoms with Crippen molar-refractivity contribution >= 4 is 8.56 Å². The van der Waals surface area contributed by atoms with Crippen molar-refractivity contribution in [1.82, 2.24) is 0 Å². The van der Waals surface area contributed by atoms with E-state index in [1.165, 1.54) is 0 Å². The molecule has 0 saturated carbocycles. The molecule has 0 radical (unpaired) electrons. The molecular weight excluding hydrogens is 994 g/mol. The minimum absolute atomic E-state index is 0.377. The molecule has 37 heteroatoms. The van der Waals surface area contributed by atoms with Crippen LogP contribution in [-0.2, 0) is 8.85 Å². The SMILES string of the molecule is CCO[Si](OCC)(C(F)(F)C(F)(F)C(F)(F)C(F)(F)C(F)(F)C(F)(F)C(F)(F)CCC(F)(F)F)C(F)(F)C(F)(F)C(F)(F)C(F)(F)C(F)(F)C(F)(F)C(F)(F)CCC(F)(F)F. The second-order valence-corrected chi connectivity index (χ2v) is 15.1. The molecule has 0 amide bonds. The molecule has 2 nitrogen and oxygen atoms in total. The highest BCUT2D eigenvalue weighted by Crippen LogP contribution is 2.68. The number of halogens is 34. The van der Waals surface area contributed by atoms with Gasteiger partial charge in [0.1, 0.15) is 0 Å². The molecule has 0 unspecified atom stereocenters. The van der Waals surface area contributed by atoms with E-state index in [0.29, 0.717) is 0 Å². The van der Waals surface area contributed by atoms with E-state index in [1.54, 1.807) is 0 Å². The fourth-order valence-electron chi connectivity index (χ4n) is 4.37. The van der Waals surface area contributed by atoms with Gasteiger partial charge in [-0.2, -0.15) is 149 Å². The van der Waals surface area contributed by atoms with Crippen LogP contribution in [0.1, 0.15) is 39.5 Å². The van der Waals surface area contributed by atoms with Gasteiger partial charge in [0.25, 0.3) is 0 Å². The maximum absolute atomic E-state index is 15.4. The Labute approximate surface area is 315 Å². The maximum atomic E-state index is 15.4. The Hall–Kier alpha value is -2.24. The average molecular weight is 1010 g/mol. The Morgan fingerprint density at radius 3 is 0.623 bits per heavy atom. The molecule has 0 heterocycles. The lowest BCUT2D eigenvalue weighted by atomic mass is 9.89. The van der Waals surface area contributed by atoms with Gasteiger partial charge in [-0.1, -0.05) is 0 Å². The Morgan fingerprint density at radius 1 is 0.262 bits per heavy atom. The second-order valence-electron chi connectivity index (χ2n) is 12.0. The van der Waals surface area contributed by atoms with Gasteiger partial charge in [-0.3, -0.25) is 0 Å². The summed E-state index contributed by atoms with van der Waals surface area (Å²) in [6, 6.07) is 0. The van der Waals surface area contributed by atoms with Gasteiger partial charge >= 0.3 is 103 Å². The van der Waals surface area contributed by atoms with E-state index in [2.05, 4.69) is 8.85 Å². The van der Waals surface area contributed by atoms with E-state index in [1.807, 2.05) is 0 Å². The molecule has 0 aliphatic carbocycles. The van der Waals surface area contributed by atoms with Crippen molar-refractivity contribution in [3.63, 3.8) is 0 Å². The number of hydrogen-bond donors (Lipinski definition) is 0. The third kappa shape index (κ3) is 8.45. The fourth-order valence-corrected chi connectivity index (χ4v) is 7.53. The monoisotopic (exact) mass is 1010 g/mol. The fraction of sp³-hybridized carbons (Fsp3) is 1.00. The predicted octanol–water partition coefficient (Wildman–Crippen LogP) is 13.2. The second kappa shape index (κ2) is 16.0. The summed E-state index contributed by atoms with van der Waals surface area (Å²) in [5.74, 6) is -108. The van der Waals surface area contributed by atoms with Gasteiger partial charge in [-0.15, -0.1) is 0 Å². The third-order valence-corrected chi connectivity index (χ3v) is 11.5. The van der Waals surface area contributed by atoms with Crippen molar-refractivity contribution in [2.75, 3.05) is 13.2 Å². The van der Waals surface area contributed by atoms with Crippen LogP contribution in [0.15, 0.2) is 0 Å². The Morgan fingerprint density at radius 2 is 0.443 bits per heavy atom. The summed E-state index contributed by atoms with van der Waals surface area (Å²) in [5, 5.41) is 0. The third-order valence-electron chi connectivity index (χ3n) is 7.83. The summed E-state index contributed by atoms with van der Waals surface area (Å²) in [4.78, 5) is 0. The normalized spacial score (nSPS) is 16.7. The average Bonchev–Trinajstić information content (AvgIpc) is 3.04. The van der Waals surface area contributed by atoms with Crippen LogP contribution in [0.2, 0.25) is 0 Å². The van der Waals surface area contributed by atoms with Crippen LogP contribution in [0.25, 0.3) is 0 Å². The smallest absolute Gasteiger partial charge is 0.387 e. The molecule has 0 saturated heterocycles. The van der Waals surface area contributed by atoms with E-state index >= 15 is 17.6 Å². The first-order chi connectivity index (χ1) is 26.0. The summed E-state index contributed by atoms with van der Waals surface area (Å²) in [5.41, 5.74) is -18.3. The molecule has 0 fully saturated rings. The standard InChI is InChI=1S/C24H18F34O2Si/c1-3-59-61(60-4-2,23(55,56)21(51,52)19(47,48)17(43,44)15(39,40)13(35,36)9(25,26)5-7-11(29,30)31)24(57,58)22(53,54)20(49,50)18(45,46)16(41,42)14(37,38)10(27,28)6-8-12(32,33)34/h3-8H2,1-2H3. The molecule has 0 aromatic heterocycles. The van der Waals surface area contributed by atoms with Crippen molar-refractivity contribution in [2.24, 2.45) is 0 Å². The van der Waals surface area contributed by atoms with E-state index in [9.17, 15) is 132 Å². The highest BCUT2D eigenvalue weighted by molar-refractivity contribution is 6.73. The molecule has 0 aliphatic rings. The minimum Gasteiger partial charge on any atom is -0.387 e. The highest BCUT2D eigenvalue weighted by atomic mass is 28.4. The van der Waals surface area contributed by atoms with Crippen molar-refractivity contribution in [1.29, 1.82) is 0 Å². The zero-order chi connectivity index (χ0) is 50.2. The van der Waals surface area contributed by atoms with Gasteiger partial charge in [0.05, 0.1) is 0 Å². The van der Waals surface area contributed by atoms with E-state index < -0.39 is 142 Å². The lowest BCUT2D eigenvalue weighted by molar-refractivity contribution is -0.444. The van der Waals surface area contributed by atoms with Gasteiger partial charge in [0.15, 0.2) is 0 Å².